The molecule has 3 rings (SSSR count). The normalized spacial score (nSPS) is 26.0. The van der Waals surface area contributed by atoms with Gasteiger partial charge in [-0.1, -0.05) is 30.3 Å². The van der Waals surface area contributed by atoms with Crippen molar-refractivity contribution >= 4 is 5.91 Å². The number of rotatable bonds is 5. The first-order chi connectivity index (χ1) is 10.8. The molecule has 0 aliphatic carbocycles. The fourth-order valence-electron chi connectivity index (χ4n) is 3.18. The zero-order chi connectivity index (χ0) is 15.2. The third-order valence-corrected chi connectivity index (χ3v) is 4.30. The van der Waals surface area contributed by atoms with Crippen molar-refractivity contribution in [3.05, 3.63) is 35.9 Å². The lowest BCUT2D eigenvalue weighted by Gasteiger charge is -2.24. The maximum Gasteiger partial charge on any atom is 0.222 e. The lowest BCUT2D eigenvalue weighted by molar-refractivity contribution is -0.125. The van der Waals surface area contributed by atoms with Crippen LogP contribution in [0.2, 0.25) is 0 Å². The van der Waals surface area contributed by atoms with Crippen LogP contribution in [0.4, 0.5) is 0 Å². The number of nitrogens with zero attached hydrogens (tertiary/aromatic N) is 1. The molecule has 1 amide bonds. The summed E-state index contributed by atoms with van der Waals surface area (Å²) in [5, 5.41) is 6.41. The molecule has 5 nitrogen and oxygen atoms in total. The topological polar surface area (TPSA) is 53.6 Å². The van der Waals surface area contributed by atoms with Crippen LogP contribution in [0.1, 0.15) is 18.4 Å². The Labute approximate surface area is 132 Å². The second-order valence-electron chi connectivity index (χ2n) is 6.17. The van der Waals surface area contributed by atoms with Crippen LogP contribution in [0.15, 0.2) is 30.3 Å². The molecule has 2 aliphatic heterocycles. The highest BCUT2D eigenvalue weighted by molar-refractivity contribution is 5.76. The van der Waals surface area contributed by atoms with Gasteiger partial charge in [0.15, 0.2) is 0 Å². The molecule has 0 radical (unpaired) electrons. The fourth-order valence-corrected chi connectivity index (χ4v) is 3.18. The molecular formula is C17H25N3O2. The highest BCUT2D eigenvalue weighted by Gasteiger charge is 2.25. The lowest BCUT2D eigenvalue weighted by Crippen LogP contribution is -2.43. The predicted molar refractivity (Wildman–Crippen MR) is 85.5 cm³/mol. The van der Waals surface area contributed by atoms with E-state index in [0.29, 0.717) is 13.0 Å². The van der Waals surface area contributed by atoms with Crippen LogP contribution in [0.25, 0.3) is 0 Å². The molecule has 2 atom stereocenters. The van der Waals surface area contributed by atoms with E-state index in [2.05, 4.69) is 39.8 Å². The first-order valence-corrected chi connectivity index (χ1v) is 8.17. The number of likely N-dealkylation sites (tertiary alicyclic amines) is 1. The Hall–Kier alpha value is -1.43. The Morgan fingerprint density at radius 2 is 2.23 bits per heavy atom. The zero-order valence-corrected chi connectivity index (χ0v) is 13.0. The van der Waals surface area contributed by atoms with E-state index in [1.807, 2.05) is 6.07 Å². The van der Waals surface area contributed by atoms with Gasteiger partial charge in [-0.2, -0.15) is 0 Å². The van der Waals surface area contributed by atoms with Crippen molar-refractivity contribution in [3.8, 4) is 0 Å². The Kier molecular flexibility index (Phi) is 5.43. The van der Waals surface area contributed by atoms with Crippen molar-refractivity contribution in [2.45, 2.75) is 31.5 Å². The van der Waals surface area contributed by atoms with Crippen LogP contribution in [-0.2, 0) is 16.1 Å². The van der Waals surface area contributed by atoms with Gasteiger partial charge in [0.05, 0.1) is 19.1 Å². The third-order valence-electron chi connectivity index (χ3n) is 4.30. The Morgan fingerprint density at radius 1 is 1.36 bits per heavy atom. The minimum absolute atomic E-state index is 0.0237. The minimum Gasteiger partial charge on any atom is -0.375 e. The number of amides is 1. The zero-order valence-electron chi connectivity index (χ0n) is 13.0. The van der Waals surface area contributed by atoms with Gasteiger partial charge in [0, 0.05) is 38.8 Å². The number of hydrogen-bond donors (Lipinski definition) is 2. The van der Waals surface area contributed by atoms with Crippen molar-refractivity contribution in [1.82, 2.24) is 15.5 Å². The summed E-state index contributed by atoms with van der Waals surface area (Å²) >= 11 is 0. The van der Waals surface area contributed by atoms with Gasteiger partial charge in [-0.25, -0.2) is 0 Å². The number of carbonyl (C=O) groups excluding carboxylic acids is 1. The minimum atomic E-state index is 0.0237. The van der Waals surface area contributed by atoms with Crippen molar-refractivity contribution in [2.75, 3.05) is 32.8 Å². The summed E-state index contributed by atoms with van der Waals surface area (Å²) in [6.07, 6.45) is 1.51. The monoisotopic (exact) mass is 303 g/mol. The van der Waals surface area contributed by atoms with Crippen LogP contribution < -0.4 is 10.6 Å². The second-order valence-corrected chi connectivity index (χ2v) is 6.17. The first kappa shape index (κ1) is 15.5. The summed E-state index contributed by atoms with van der Waals surface area (Å²) < 4.78 is 5.58. The molecule has 2 heterocycles. The molecule has 2 fully saturated rings. The molecule has 120 valence electrons. The van der Waals surface area contributed by atoms with Crippen LogP contribution in [-0.4, -0.2) is 55.7 Å². The maximum atomic E-state index is 12.1. The number of hydrogen-bond acceptors (Lipinski definition) is 4. The molecule has 0 bridgehead atoms. The van der Waals surface area contributed by atoms with E-state index in [0.717, 1.165) is 39.1 Å². The van der Waals surface area contributed by atoms with Crippen molar-refractivity contribution in [1.29, 1.82) is 0 Å². The molecule has 2 saturated heterocycles. The third kappa shape index (κ3) is 4.53. The Balaban J connectivity index is 1.39. The Bertz CT molecular complexity index is 474. The summed E-state index contributed by atoms with van der Waals surface area (Å²) in [6.45, 7) is 5.30. The highest BCUT2D eigenvalue weighted by atomic mass is 16.5. The lowest BCUT2D eigenvalue weighted by atomic mass is 10.2. The maximum absolute atomic E-state index is 12.1. The summed E-state index contributed by atoms with van der Waals surface area (Å²) in [7, 11) is 0. The number of carbonyl (C=O) groups is 1. The van der Waals surface area contributed by atoms with Gasteiger partial charge in [-0.05, 0) is 12.0 Å². The van der Waals surface area contributed by atoms with E-state index in [-0.39, 0.29) is 18.1 Å². The van der Waals surface area contributed by atoms with E-state index in [1.54, 1.807) is 0 Å². The van der Waals surface area contributed by atoms with E-state index in [9.17, 15) is 4.79 Å². The van der Waals surface area contributed by atoms with Crippen molar-refractivity contribution in [3.63, 3.8) is 0 Å². The smallest absolute Gasteiger partial charge is 0.222 e. The molecule has 2 aliphatic rings. The van der Waals surface area contributed by atoms with Crippen LogP contribution >= 0.6 is 0 Å². The second kappa shape index (κ2) is 7.72. The number of morpholine rings is 1. The molecule has 5 heteroatoms. The summed E-state index contributed by atoms with van der Waals surface area (Å²) in [5.74, 6) is 0.111. The molecule has 2 N–H and O–H groups in total. The molecule has 0 saturated carbocycles. The standard InChI is InChI=1S/C17H25N3O2/c21-17(10-16-11-18-7-9-22-16)19-15-6-8-20(13-15)12-14-4-2-1-3-5-14/h1-5,15-16,18H,6-13H2,(H,19,21). The summed E-state index contributed by atoms with van der Waals surface area (Å²) in [4.78, 5) is 14.5. The van der Waals surface area contributed by atoms with Crippen LogP contribution in [0, 0.1) is 0 Å². The van der Waals surface area contributed by atoms with Gasteiger partial charge < -0.3 is 15.4 Å². The van der Waals surface area contributed by atoms with Gasteiger partial charge in [-0.3, -0.25) is 9.69 Å². The molecular weight excluding hydrogens is 278 g/mol. The molecule has 22 heavy (non-hydrogen) atoms. The van der Waals surface area contributed by atoms with E-state index >= 15 is 0 Å². The molecule has 2 unspecified atom stereocenters. The van der Waals surface area contributed by atoms with Gasteiger partial charge in [-0.15, -0.1) is 0 Å². The number of nitrogens with one attached hydrogen (secondary N) is 2. The predicted octanol–water partition coefficient (Wildman–Crippen LogP) is 0.756. The molecule has 1 aromatic rings. The van der Waals surface area contributed by atoms with Gasteiger partial charge >= 0.3 is 0 Å². The van der Waals surface area contributed by atoms with Gasteiger partial charge in [0.25, 0.3) is 0 Å². The molecule has 0 aromatic heterocycles. The molecule has 0 spiro atoms. The summed E-state index contributed by atoms with van der Waals surface area (Å²) in [5.41, 5.74) is 1.33. The highest BCUT2D eigenvalue weighted by Crippen LogP contribution is 2.14. The fraction of sp³-hybridized carbons (Fsp3) is 0.588. The molecule has 1 aromatic carbocycles. The van der Waals surface area contributed by atoms with E-state index < -0.39 is 0 Å². The average Bonchev–Trinajstić information content (AvgIpc) is 2.96. The van der Waals surface area contributed by atoms with Gasteiger partial charge in [0.2, 0.25) is 5.91 Å². The van der Waals surface area contributed by atoms with Crippen LogP contribution in [0.5, 0.6) is 0 Å². The summed E-state index contributed by atoms with van der Waals surface area (Å²) in [6, 6.07) is 10.8. The number of benzene rings is 1. The van der Waals surface area contributed by atoms with Gasteiger partial charge in [0.1, 0.15) is 0 Å². The van der Waals surface area contributed by atoms with E-state index in [4.69, 9.17) is 4.74 Å². The Morgan fingerprint density at radius 3 is 3.00 bits per heavy atom. The van der Waals surface area contributed by atoms with Crippen molar-refractivity contribution < 1.29 is 9.53 Å². The van der Waals surface area contributed by atoms with Crippen LogP contribution in [0.3, 0.4) is 0 Å². The SMILES string of the molecule is O=C(CC1CNCCO1)NC1CCN(Cc2ccccc2)C1. The average molecular weight is 303 g/mol. The first-order valence-electron chi connectivity index (χ1n) is 8.17. The van der Waals surface area contributed by atoms with Crippen molar-refractivity contribution in [2.24, 2.45) is 0 Å². The van der Waals surface area contributed by atoms with E-state index in [1.165, 1.54) is 5.56 Å². The quantitative estimate of drug-likeness (QED) is 0.843. The largest absolute Gasteiger partial charge is 0.375 e. The number of ether oxygens (including phenoxy) is 1.